The number of aliphatic hydroxyl groups is 1. The molecule has 0 aliphatic heterocycles. The summed E-state index contributed by atoms with van der Waals surface area (Å²) in [6.07, 6.45) is 2.20. The van der Waals surface area contributed by atoms with E-state index in [1.807, 2.05) is 12.1 Å². The molecule has 1 fully saturated rings. The van der Waals surface area contributed by atoms with Gasteiger partial charge in [-0.1, -0.05) is 32.9 Å². The average molecular weight is 263 g/mol. The molecule has 0 amide bonds. The number of aliphatic hydroxyl groups excluding tert-OH is 1. The van der Waals surface area contributed by atoms with Crippen LogP contribution in [0.5, 0.6) is 5.75 Å². The van der Waals surface area contributed by atoms with Crippen LogP contribution in [-0.2, 0) is 5.41 Å². The highest BCUT2D eigenvalue weighted by Crippen LogP contribution is 2.38. The molecule has 1 aliphatic rings. The Morgan fingerprint density at radius 2 is 1.79 bits per heavy atom. The molecule has 0 saturated heterocycles. The lowest BCUT2D eigenvalue weighted by atomic mass is 9.87. The van der Waals surface area contributed by atoms with Gasteiger partial charge in [0.25, 0.3) is 0 Å². The zero-order valence-electron chi connectivity index (χ0n) is 12.1. The predicted octanol–water partition coefficient (Wildman–Crippen LogP) is 2.46. The highest BCUT2D eigenvalue weighted by molar-refractivity contribution is 5.31. The van der Waals surface area contributed by atoms with Crippen molar-refractivity contribution in [1.29, 1.82) is 0 Å². The van der Waals surface area contributed by atoms with Crippen molar-refractivity contribution in [3.8, 4) is 5.75 Å². The van der Waals surface area contributed by atoms with Gasteiger partial charge in [-0.15, -0.1) is 0 Å². The lowest BCUT2D eigenvalue weighted by Crippen LogP contribution is -2.51. The molecular weight excluding hydrogens is 238 g/mol. The Hall–Kier alpha value is -1.06. The summed E-state index contributed by atoms with van der Waals surface area (Å²) >= 11 is 0. The largest absolute Gasteiger partial charge is 0.492 e. The van der Waals surface area contributed by atoms with Crippen LogP contribution in [0.2, 0.25) is 0 Å². The third-order valence-electron chi connectivity index (χ3n) is 3.91. The topological polar surface area (TPSA) is 55.5 Å². The van der Waals surface area contributed by atoms with Crippen molar-refractivity contribution in [3.05, 3.63) is 29.8 Å². The fraction of sp³-hybridized carbons (Fsp3) is 0.625. The van der Waals surface area contributed by atoms with Gasteiger partial charge in [-0.2, -0.15) is 0 Å². The van der Waals surface area contributed by atoms with Crippen LogP contribution in [-0.4, -0.2) is 23.9 Å². The summed E-state index contributed by atoms with van der Waals surface area (Å²) in [5.41, 5.74) is 7.02. The van der Waals surface area contributed by atoms with Gasteiger partial charge in [-0.05, 0) is 41.9 Å². The first-order valence-corrected chi connectivity index (χ1v) is 6.98. The first kappa shape index (κ1) is 14.4. The van der Waals surface area contributed by atoms with Crippen molar-refractivity contribution >= 4 is 0 Å². The number of benzene rings is 1. The second kappa shape index (κ2) is 5.14. The molecule has 106 valence electrons. The molecule has 1 aromatic rings. The van der Waals surface area contributed by atoms with Crippen LogP contribution in [0.1, 0.15) is 39.2 Å². The van der Waals surface area contributed by atoms with Crippen LogP contribution < -0.4 is 10.5 Å². The molecule has 3 heteroatoms. The van der Waals surface area contributed by atoms with E-state index in [0.717, 1.165) is 18.6 Å². The number of hydrogen-bond donors (Lipinski definition) is 2. The van der Waals surface area contributed by atoms with Gasteiger partial charge in [0.15, 0.2) is 0 Å². The summed E-state index contributed by atoms with van der Waals surface area (Å²) in [5, 5.41) is 9.42. The highest BCUT2D eigenvalue weighted by atomic mass is 16.5. The normalized spacial score (nSPS) is 19.0. The van der Waals surface area contributed by atoms with E-state index >= 15 is 0 Å². The van der Waals surface area contributed by atoms with Gasteiger partial charge in [0, 0.05) is 0 Å². The third kappa shape index (κ3) is 3.48. The van der Waals surface area contributed by atoms with Gasteiger partial charge in [-0.25, -0.2) is 0 Å². The molecule has 0 heterocycles. The lowest BCUT2D eigenvalue weighted by Gasteiger charge is -2.27. The van der Waals surface area contributed by atoms with E-state index in [9.17, 15) is 5.11 Å². The number of rotatable bonds is 5. The monoisotopic (exact) mass is 263 g/mol. The predicted molar refractivity (Wildman–Crippen MR) is 77.4 cm³/mol. The average Bonchev–Trinajstić information content (AvgIpc) is 3.20. The molecule has 0 radical (unpaired) electrons. The van der Waals surface area contributed by atoms with E-state index in [-0.39, 0.29) is 12.0 Å². The molecule has 0 spiro atoms. The Kier molecular flexibility index (Phi) is 3.88. The minimum absolute atomic E-state index is 0.0161. The van der Waals surface area contributed by atoms with Gasteiger partial charge in [0.2, 0.25) is 0 Å². The SMILES string of the molecule is CC(C)(C)c1ccc(OCC(N)(CO)C2CC2)cc1. The van der Waals surface area contributed by atoms with E-state index in [2.05, 4.69) is 32.9 Å². The Morgan fingerprint density at radius 3 is 2.21 bits per heavy atom. The van der Waals surface area contributed by atoms with E-state index < -0.39 is 5.54 Å². The molecule has 1 aromatic carbocycles. The minimum Gasteiger partial charge on any atom is -0.492 e. The maximum Gasteiger partial charge on any atom is 0.119 e. The maximum absolute atomic E-state index is 9.42. The summed E-state index contributed by atoms with van der Waals surface area (Å²) in [5.74, 6) is 1.23. The highest BCUT2D eigenvalue weighted by Gasteiger charge is 2.42. The quantitative estimate of drug-likeness (QED) is 0.858. The Balaban J connectivity index is 1.96. The van der Waals surface area contributed by atoms with E-state index in [0.29, 0.717) is 12.5 Å². The van der Waals surface area contributed by atoms with Crippen molar-refractivity contribution in [2.45, 2.75) is 44.6 Å². The summed E-state index contributed by atoms with van der Waals surface area (Å²) in [6.45, 7) is 6.92. The molecule has 1 atom stereocenters. The van der Waals surface area contributed by atoms with Crippen LogP contribution in [0.15, 0.2) is 24.3 Å². The fourth-order valence-corrected chi connectivity index (χ4v) is 2.22. The Labute approximate surface area is 115 Å². The second-order valence-electron chi connectivity index (χ2n) is 6.73. The molecule has 1 unspecified atom stereocenters. The van der Waals surface area contributed by atoms with Crippen molar-refractivity contribution in [3.63, 3.8) is 0 Å². The van der Waals surface area contributed by atoms with Crippen LogP contribution in [0.3, 0.4) is 0 Å². The van der Waals surface area contributed by atoms with Crippen LogP contribution in [0.4, 0.5) is 0 Å². The lowest BCUT2D eigenvalue weighted by molar-refractivity contribution is 0.117. The Bertz CT molecular complexity index is 417. The van der Waals surface area contributed by atoms with Gasteiger partial charge in [-0.3, -0.25) is 0 Å². The molecule has 1 saturated carbocycles. The molecular formula is C16H25NO2. The standard InChI is InChI=1S/C16H25NO2/c1-15(2,3)12-6-8-14(9-7-12)19-11-16(17,10-18)13-4-5-13/h6-9,13,18H,4-5,10-11,17H2,1-3H3. The van der Waals surface area contributed by atoms with E-state index in [4.69, 9.17) is 10.5 Å². The number of nitrogens with two attached hydrogens (primary N) is 1. The van der Waals surface area contributed by atoms with Crippen molar-refractivity contribution < 1.29 is 9.84 Å². The summed E-state index contributed by atoms with van der Waals surface area (Å²) in [7, 11) is 0. The van der Waals surface area contributed by atoms with Crippen molar-refractivity contribution in [2.24, 2.45) is 11.7 Å². The molecule has 19 heavy (non-hydrogen) atoms. The Morgan fingerprint density at radius 1 is 1.21 bits per heavy atom. The molecule has 0 bridgehead atoms. The summed E-state index contributed by atoms with van der Waals surface area (Å²) in [6, 6.07) is 8.13. The van der Waals surface area contributed by atoms with Crippen LogP contribution in [0, 0.1) is 5.92 Å². The number of ether oxygens (including phenoxy) is 1. The minimum atomic E-state index is -0.581. The smallest absolute Gasteiger partial charge is 0.119 e. The van der Waals surface area contributed by atoms with Crippen molar-refractivity contribution in [1.82, 2.24) is 0 Å². The zero-order valence-corrected chi connectivity index (χ0v) is 12.1. The first-order valence-electron chi connectivity index (χ1n) is 6.98. The van der Waals surface area contributed by atoms with Gasteiger partial charge in [0.05, 0.1) is 12.1 Å². The summed E-state index contributed by atoms with van der Waals surface area (Å²) in [4.78, 5) is 0. The second-order valence-corrected chi connectivity index (χ2v) is 6.73. The van der Waals surface area contributed by atoms with Gasteiger partial charge in [0.1, 0.15) is 12.4 Å². The summed E-state index contributed by atoms with van der Waals surface area (Å²) < 4.78 is 5.75. The molecule has 3 N–H and O–H groups in total. The third-order valence-corrected chi connectivity index (χ3v) is 3.91. The number of hydrogen-bond acceptors (Lipinski definition) is 3. The maximum atomic E-state index is 9.42. The van der Waals surface area contributed by atoms with Gasteiger partial charge < -0.3 is 15.6 Å². The van der Waals surface area contributed by atoms with E-state index in [1.165, 1.54) is 5.56 Å². The molecule has 2 rings (SSSR count). The van der Waals surface area contributed by atoms with Gasteiger partial charge >= 0.3 is 0 Å². The van der Waals surface area contributed by atoms with Crippen LogP contribution >= 0.6 is 0 Å². The fourth-order valence-electron chi connectivity index (χ4n) is 2.22. The first-order chi connectivity index (χ1) is 8.85. The zero-order chi connectivity index (χ0) is 14.1. The molecule has 0 aromatic heterocycles. The molecule has 1 aliphatic carbocycles. The van der Waals surface area contributed by atoms with E-state index in [1.54, 1.807) is 0 Å². The van der Waals surface area contributed by atoms with Crippen molar-refractivity contribution in [2.75, 3.05) is 13.2 Å². The molecule has 3 nitrogen and oxygen atoms in total. The van der Waals surface area contributed by atoms with Crippen LogP contribution in [0.25, 0.3) is 0 Å².